The van der Waals surface area contributed by atoms with Crippen LogP contribution in [0.1, 0.15) is 16.7 Å². The summed E-state index contributed by atoms with van der Waals surface area (Å²) >= 11 is 1.54. The van der Waals surface area contributed by atoms with E-state index in [1.807, 2.05) is 12.1 Å². The highest BCUT2D eigenvalue weighted by Crippen LogP contribution is 2.25. The van der Waals surface area contributed by atoms with E-state index in [4.69, 9.17) is 4.74 Å². The Kier molecular flexibility index (Phi) is 6.69. The maximum atomic E-state index is 11.8. The lowest BCUT2D eigenvalue weighted by Crippen LogP contribution is -2.19. The Hall–Kier alpha value is -2.47. The molecule has 2 N–H and O–H groups in total. The Morgan fingerprint density at radius 3 is 2.88 bits per heavy atom. The second-order valence-electron chi connectivity index (χ2n) is 5.14. The minimum atomic E-state index is -0.157. The standard InChI is InChI=1S/C18H20N2O3S/c1-13-5-3-4-6-15(13)11-24-12-18(22)20-19-10-14-7-8-16(21)17(9-14)23-2/h3-10,21H,11-12H2,1-2H3,(H,20,22)/b19-10-. The Bertz CT molecular complexity index is 732. The number of methoxy groups -OCH3 is 1. The van der Waals surface area contributed by atoms with Gasteiger partial charge in [-0.25, -0.2) is 5.43 Å². The van der Waals surface area contributed by atoms with Crippen LogP contribution >= 0.6 is 11.8 Å². The van der Waals surface area contributed by atoms with Crippen LogP contribution in [0.3, 0.4) is 0 Å². The lowest BCUT2D eigenvalue weighted by Gasteiger charge is -2.05. The number of aryl methyl sites for hydroxylation is 1. The number of ether oxygens (including phenoxy) is 1. The molecule has 5 nitrogen and oxygen atoms in total. The van der Waals surface area contributed by atoms with Crippen LogP contribution in [0, 0.1) is 6.92 Å². The van der Waals surface area contributed by atoms with Gasteiger partial charge in [0.05, 0.1) is 19.1 Å². The zero-order valence-corrected chi connectivity index (χ0v) is 14.5. The lowest BCUT2D eigenvalue weighted by molar-refractivity contribution is -0.118. The van der Waals surface area contributed by atoms with Crippen molar-refractivity contribution in [3.63, 3.8) is 0 Å². The van der Waals surface area contributed by atoms with E-state index in [1.165, 1.54) is 30.5 Å². The number of hydrogen-bond donors (Lipinski definition) is 2. The van der Waals surface area contributed by atoms with E-state index in [-0.39, 0.29) is 11.7 Å². The van der Waals surface area contributed by atoms with Crippen LogP contribution in [0.5, 0.6) is 11.5 Å². The molecule has 0 heterocycles. The maximum Gasteiger partial charge on any atom is 0.250 e. The van der Waals surface area contributed by atoms with Crippen molar-refractivity contribution in [3.05, 3.63) is 59.2 Å². The monoisotopic (exact) mass is 344 g/mol. The summed E-state index contributed by atoms with van der Waals surface area (Å²) in [5.41, 5.74) is 5.67. The number of rotatable bonds is 7. The molecule has 6 heteroatoms. The first kappa shape index (κ1) is 17.9. The van der Waals surface area contributed by atoms with Gasteiger partial charge in [0.25, 0.3) is 0 Å². The maximum absolute atomic E-state index is 11.8. The molecule has 0 spiro atoms. The molecule has 0 radical (unpaired) electrons. The van der Waals surface area contributed by atoms with Crippen LogP contribution in [0.4, 0.5) is 0 Å². The fourth-order valence-electron chi connectivity index (χ4n) is 2.01. The fourth-order valence-corrected chi connectivity index (χ4v) is 2.91. The van der Waals surface area contributed by atoms with Gasteiger partial charge in [-0.15, -0.1) is 11.8 Å². The smallest absolute Gasteiger partial charge is 0.250 e. The molecule has 0 saturated heterocycles. The van der Waals surface area contributed by atoms with Crippen LogP contribution < -0.4 is 10.2 Å². The molecule has 0 aliphatic rings. The molecule has 24 heavy (non-hydrogen) atoms. The van der Waals surface area contributed by atoms with Gasteiger partial charge < -0.3 is 9.84 Å². The third-order valence-corrected chi connectivity index (χ3v) is 4.34. The first-order chi connectivity index (χ1) is 11.6. The summed E-state index contributed by atoms with van der Waals surface area (Å²) < 4.78 is 5.02. The van der Waals surface area contributed by atoms with Crippen LogP contribution in [0.15, 0.2) is 47.6 Å². The summed E-state index contributed by atoms with van der Waals surface area (Å²) in [6.45, 7) is 2.06. The molecule has 1 amide bonds. The third-order valence-electron chi connectivity index (χ3n) is 3.36. The molecule has 2 rings (SSSR count). The van der Waals surface area contributed by atoms with Crippen LogP contribution in [0.25, 0.3) is 0 Å². The van der Waals surface area contributed by atoms with Crippen molar-refractivity contribution in [1.82, 2.24) is 5.43 Å². The topological polar surface area (TPSA) is 70.9 Å². The molecule has 2 aromatic rings. The predicted molar refractivity (Wildman–Crippen MR) is 97.7 cm³/mol. The second-order valence-corrected chi connectivity index (χ2v) is 6.13. The van der Waals surface area contributed by atoms with E-state index in [0.717, 1.165) is 11.3 Å². The zero-order valence-electron chi connectivity index (χ0n) is 13.7. The highest BCUT2D eigenvalue weighted by atomic mass is 32.2. The Morgan fingerprint density at radius 2 is 2.12 bits per heavy atom. The number of aromatic hydroxyl groups is 1. The van der Waals surface area contributed by atoms with E-state index in [1.54, 1.807) is 23.9 Å². The van der Waals surface area contributed by atoms with Crippen molar-refractivity contribution >= 4 is 23.9 Å². The van der Waals surface area contributed by atoms with Gasteiger partial charge in [0.15, 0.2) is 11.5 Å². The van der Waals surface area contributed by atoms with Crippen molar-refractivity contribution in [2.45, 2.75) is 12.7 Å². The van der Waals surface area contributed by atoms with Gasteiger partial charge in [-0.1, -0.05) is 24.3 Å². The van der Waals surface area contributed by atoms with E-state index < -0.39 is 0 Å². The van der Waals surface area contributed by atoms with Gasteiger partial charge in [0.2, 0.25) is 5.91 Å². The summed E-state index contributed by atoms with van der Waals surface area (Å²) in [5, 5.41) is 13.4. The highest BCUT2D eigenvalue weighted by Gasteiger charge is 2.03. The van der Waals surface area contributed by atoms with Crippen molar-refractivity contribution in [2.24, 2.45) is 5.10 Å². The first-order valence-corrected chi connectivity index (χ1v) is 8.57. The van der Waals surface area contributed by atoms with Crippen molar-refractivity contribution in [2.75, 3.05) is 12.9 Å². The molecule has 0 atom stereocenters. The number of carbonyl (C=O) groups is 1. The molecular weight excluding hydrogens is 324 g/mol. The number of carbonyl (C=O) groups excluding carboxylic acids is 1. The Labute approximate surface area is 145 Å². The van der Waals surface area contributed by atoms with Gasteiger partial charge in [-0.2, -0.15) is 5.10 Å². The second kappa shape index (κ2) is 8.98. The summed E-state index contributed by atoms with van der Waals surface area (Å²) in [5.74, 6) is 1.39. The number of amides is 1. The van der Waals surface area contributed by atoms with Crippen molar-refractivity contribution < 1.29 is 14.6 Å². The van der Waals surface area contributed by atoms with E-state index >= 15 is 0 Å². The van der Waals surface area contributed by atoms with Gasteiger partial charge in [-0.3, -0.25) is 4.79 Å². The number of thioether (sulfide) groups is 1. The Morgan fingerprint density at radius 1 is 1.33 bits per heavy atom. The molecule has 0 fully saturated rings. The number of hydrogen-bond acceptors (Lipinski definition) is 5. The van der Waals surface area contributed by atoms with Crippen molar-refractivity contribution in [1.29, 1.82) is 0 Å². The van der Waals surface area contributed by atoms with Crippen LogP contribution in [-0.2, 0) is 10.5 Å². The molecule has 0 aliphatic heterocycles. The van der Waals surface area contributed by atoms with Gasteiger partial charge in [-0.05, 0) is 41.8 Å². The number of hydrazone groups is 1. The fraction of sp³-hybridized carbons (Fsp3) is 0.222. The molecule has 2 aromatic carbocycles. The first-order valence-electron chi connectivity index (χ1n) is 7.41. The van der Waals surface area contributed by atoms with Crippen molar-refractivity contribution in [3.8, 4) is 11.5 Å². The molecule has 0 aromatic heterocycles. The van der Waals surface area contributed by atoms with E-state index in [2.05, 4.69) is 29.6 Å². The SMILES string of the molecule is COc1cc(/C=N\NC(=O)CSCc2ccccc2C)ccc1O. The quantitative estimate of drug-likeness (QED) is 0.598. The predicted octanol–water partition coefficient (Wildman–Crippen LogP) is 3.09. The molecular formula is C18H20N2O3S. The Balaban J connectivity index is 1.77. The molecule has 0 saturated carbocycles. The van der Waals surface area contributed by atoms with Gasteiger partial charge >= 0.3 is 0 Å². The largest absolute Gasteiger partial charge is 0.504 e. The van der Waals surface area contributed by atoms with E-state index in [9.17, 15) is 9.90 Å². The highest BCUT2D eigenvalue weighted by molar-refractivity contribution is 7.99. The molecule has 0 unspecified atom stereocenters. The number of nitrogens with one attached hydrogen (secondary N) is 1. The summed E-state index contributed by atoms with van der Waals surface area (Å²) in [7, 11) is 1.48. The number of benzene rings is 2. The minimum Gasteiger partial charge on any atom is -0.504 e. The zero-order chi connectivity index (χ0) is 17.4. The van der Waals surface area contributed by atoms with Crippen LogP contribution in [-0.4, -0.2) is 30.1 Å². The average Bonchev–Trinajstić information content (AvgIpc) is 2.58. The number of phenolic OH excluding ortho intramolecular Hbond substituents is 1. The summed E-state index contributed by atoms with van der Waals surface area (Å²) in [6, 6.07) is 13.0. The van der Waals surface area contributed by atoms with Gasteiger partial charge in [0.1, 0.15) is 0 Å². The normalized spacial score (nSPS) is 10.8. The number of nitrogens with zero attached hydrogens (tertiary/aromatic N) is 1. The minimum absolute atomic E-state index is 0.0614. The van der Waals surface area contributed by atoms with Crippen LogP contribution in [0.2, 0.25) is 0 Å². The molecule has 0 aliphatic carbocycles. The lowest BCUT2D eigenvalue weighted by atomic mass is 10.1. The third kappa shape index (κ3) is 5.31. The molecule has 126 valence electrons. The van der Waals surface area contributed by atoms with E-state index in [0.29, 0.717) is 11.5 Å². The average molecular weight is 344 g/mol. The number of phenols is 1. The van der Waals surface area contributed by atoms with Gasteiger partial charge in [0, 0.05) is 5.75 Å². The summed E-state index contributed by atoms with van der Waals surface area (Å²) in [6.07, 6.45) is 1.51. The summed E-state index contributed by atoms with van der Waals surface area (Å²) in [4.78, 5) is 11.8. The molecule has 0 bridgehead atoms.